The molecule has 0 saturated carbocycles. The second-order valence-corrected chi connectivity index (χ2v) is 10.2. The standard InChI is InChI=1S/C27H27ClN4O4/c28-18-8-9-19-20(17-32(23(19)16-18)26(35)31-12-4-1-5-13-31)24(33)30-14-10-27(11-15-30)21-6-2-3-7-22(21)29-25(34)36-27/h2-3,6-9,16-17H,1,4-5,10-15H2,(H,29,34). The summed E-state index contributed by atoms with van der Waals surface area (Å²) in [5.74, 6) is -0.143. The lowest BCUT2D eigenvalue weighted by Crippen LogP contribution is -2.49. The summed E-state index contributed by atoms with van der Waals surface area (Å²) in [6, 6.07) is 12.8. The Kier molecular flexibility index (Phi) is 5.63. The Morgan fingerprint density at radius 3 is 2.47 bits per heavy atom. The predicted octanol–water partition coefficient (Wildman–Crippen LogP) is 5.44. The van der Waals surface area contributed by atoms with Crippen LogP contribution in [0.3, 0.4) is 0 Å². The third kappa shape index (κ3) is 3.80. The molecule has 0 bridgehead atoms. The van der Waals surface area contributed by atoms with Gasteiger partial charge in [-0.3, -0.25) is 14.7 Å². The van der Waals surface area contributed by atoms with Gasteiger partial charge in [-0.2, -0.15) is 0 Å². The summed E-state index contributed by atoms with van der Waals surface area (Å²) in [4.78, 5) is 42.9. The molecule has 0 radical (unpaired) electrons. The van der Waals surface area contributed by atoms with Crippen LogP contribution in [0.1, 0.15) is 48.0 Å². The largest absolute Gasteiger partial charge is 0.438 e. The van der Waals surface area contributed by atoms with Gasteiger partial charge in [0.25, 0.3) is 5.91 Å². The number of nitrogens with zero attached hydrogens (tertiary/aromatic N) is 3. The SMILES string of the molecule is O=C1Nc2ccccc2C2(CCN(C(=O)c3cn(C(=O)N4CCCCC4)c4cc(Cl)ccc34)CC2)O1. The Morgan fingerprint density at radius 2 is 1.69 bits per heavy atom. The van der Waals surface area contributed by atoms with Gasteiger partial charge in [-0.15, -0.1) is 0 Å². The molecule has 186 valence electrons. The van der Waals surface area contributed by atoms with Crippen LogP contribution in [0.4, 0.5) is 15.3 Å². The normalized spacial score (nSPS) is 19.1. The number of carbonyl (C=O) groups is 3. The molecule has 3 aliphatic rings. The van der Waals surface area contributed by atoms with Gasteiger partial charge in [-0.05, 0) is 37.5 Å². The van der Waals surface area contributed by atoms with E-state index in [-0.39, 0.29) is 11.9 Å². The number of ether oxygens (including phenoxy) is 1. The Labute approximate surface area is 213 Å². The summed E-state index contributed by atoms with van der Waals surface area (Å²) < 4.78 is 7.37. The number of benzene rings is 2. The third-order valence-corrected chi connectivity index (χ3v) is 7.87. The second-order valence-electron chi connectivity index (χ2n) is 9.75. The summed E-state index contributed by atoms with van der Waals surface area (Å²) in [7, 11) is 0. The topological polar surface area (TPSA) is 83.9 Å². The molecule has 0 unspecified atom stereocenters. The van der Waals surface area contributed by atoms with Gasteiger partial charge in [0, 0.05) is 61.2 Å². The van der Waals surface area contributed by atoms with Gasteiger partial charge in [0.05, 0.1) is 16.8 Å². The van der Waals surface area contributed by atoms with Crippen molar-refractivity contribution in [3.63, 3.8) is 0 Å². The molecule has 9 heteroatoms. The molecule has 1 N–H and O–H groups in total. The molecule has 6 rings (SSSR count). The van der Waals surface area contributed by atoms with E-state index in [0.29, 0.717) is 60.5 Å². The minimum atomic E-state index is -0.749. The Bertz CT molecular complexity index is 1370. The van der Waals surface area contributed by atoms with Crippen molar-refractivity contribution in [3.8, 4) is 0 Å². The van der Waals surface area contributed by atoms with Gasteiger partial charge in [0.2, 0.25) is 0 Å². The average Bonchev–Trinajstić information content (AvgIpc) is 3.27. The van der Waals surface area contributed by atoms with E-state index in [9.17, 15) is 14.4 Å². The number of piperidine rings is 2. The molecule has 1 aromatic heterocycles. The minimum Gasteiger partial charge on any atom is -0.438 e. The Balaban J connectivity index is 1.29. The molecule has 36 heavy (non-hydrogen) atoms. The Hall–Kier alpha value is -3.52. The highest BCUT2D eigenvalue weighted by Gasteiger charge is 2.45. The zero-order valence-electron chi connectivity index (χ0n) is 19.8. The number of hydrogen-bond acceptors (Lipinski definition) is 4. The lowest BCUT2D eigenvalue weighted by Gasteiger charge is -2.44. The maximum absolute atomic E-state index is 13.7. The zero-order chi connectivity index (χ0) is 24.9. The first kappa shape index (κ1) is 22.9. The van der Waals surface area contributed by atoms with Gasteiger partial charge in [0.15, 0.2) is 0 Å². The van der Waals surface area contributed by atoms with E-state index < -0.39 is 11.7 Å². The van der Waals surface area contributed by atoms with E-state index in [1.54, 1.807) is 33.9 Å². The number of hydrogen-bond donors (Lipinski definition) is 1. The fraction of sp³-hybridized carbons (Fsp3) is 0.370. The first-order valence-electron chi connectivity index (χ1n) is 12.4. The molecule has 0 atom stereocenters. The monoisotopic (exact) mass is 506 g/mol. The van der Waals surface area contributed by atoms with Crippen LogP contribution in [-0.2, 0) is 10.3 Å². The average molecular weight is 507 g/mol. The number of carbonyl (C=O) groups excluding carboxylic acids is 3. The summed E-state index contributed by atoms with van der Waals surface area (Å²) >= 11 is 6.27. The molecule has 2 saturated heterocycles. The van der Waals surface area contributed by atoms with Crippen LogP contribution in [0.2, 0.25) is 5.02 Å². The Morgan fingerprint density at radius 1 is 0.944 bits per heavy atom. The van der Waals surface area contributed by atoms with Crippen molar-refractivity contribution < 1.29 is 19.1 Å². The molecule has 3 amide bonds. The number of anilines is 1. The molecule has 2 aromatic carbocycles. The van der Waals surface area contributed by atoms with E-state index in [1.165, 1.54) is 0 Å². The number of likely N-dealkylation sites (tertiary alicyclic amines) is 2. The molecule has 0 aliphatic carbocycles. The maximum Gasteiger partial charge on any atom is 0.412 e. The van der Waals surface area contributed by atoms with E-state index in [1.807, 2.05) is 29.2 Å². The fourth-order valence-electron chi connectivity index (χ4n) is 5.74. The van der Waals surface area contributed by atoms with Crippen LogP contribution in [0.15, 0.2) is 48.7 Å². The number of rotatable bonds is 1. The van der Waals surface area contributed by atoms with Gasteiger partial charge in [-0.1, -0.05) is 35.9 Å². The first-order valence-corrected chi connectivity index (χ1v) is 12.8. The summed E-state index contributed by atoms with van der Waals surface area (Å²) in [6.07, 6.45) is 5.28. The molecule has 8 nitrogen and oxygen atoms in total. The van der Waals surface area contributed by atoms with Crippen molar-refractivity contribution in [1.82, 2.24) is 14.4 Å². The highest BCUT2D eigenvalue weighted by Crippen LogP contribution is 2.43. The molecular formula is C27H27ClN4O4. The lowest BCUT2D eigenvalue weighted by molar-refractivity contribution is -0.0331. The number of halogens is 1. The zero-order valence-corrected chi connectivity index (χ0v) is 20.6. The van der Waals surface area contributed by atoms with Crippen molar-refractivity contribution in [2.75, 3.05) is 31.5 Å². The van der Waals surface area contributed by atoms with Crippen molar-refractivity contribution >= 4 is 46.2 Å². The molecular weight excluding hydrogens is 480 g/mol. The molecule has 1 spiro atoms. The van der Waals surface area contributed by atoms with E-state index in [4.69, 9.17) is 16.3 Å². The van der Waals surface area contributed by atoms with Crippen LogP contribution in [0, 0.1) is 0 Å². The second kappa shape index (κ2) is 8.85. The van der Waals surface area contributed by atoms with Gasteiger partial charge >= 0.3 is 12.1 Å². The summed E-state index contributed by atoms with van der Waals surface area (Å²) in [5, 5.41) is 3.98. The van der Waals surface area contributed by atoms with Crippen LogP contribution >= 0.6 is 11.6 Å². The number of aromatic nitrogens is 1. The molecule has 3 aromatic rings. The molecule has 3 aliphatic heterocycles. The van der Waals surface area contributed by atoms with Crippen molar-refractivity contribution in [2.24, 2.45) is 0 Å². The minimum absolute atomic E-state index is 0.128. The highest BCUT2D eigenvalue weighted by atomic mass is 35.5. The van der Waals surface area contributed by atoms with Crippen LogP contribution in [0.5, 0.6) is 0 Å². The molecule has 4 heterocycles. The van der Waals surface area contributed by atoms with Crippen LogP contribution < -0.4 is 5.32 Å². The van der Waals surface area contributed by atoms with Crippen molar-refractivity contribution in [2.45, 2.75) is 37.7 Å². The van der Waals surface area contributed by atoms with Gasteiger partial charge in [-0.25, -0.2) is 9.59 Å². The van der Waals surface area contributed by atoms with Crippen molar-refractivity contribution in [1.29, 1.82) is 0 Å². The number of nitrogens with one attached hydrogen (secondary N) is 1. The summed E-state index contributed by atoms with van der Waals surface area (Å²) in [6.45, 7) is 2.29. The first-order chi connectivity index (χ1) is 17.4. The highest BCUT2D eigenvalue weighted by molar-refractivity contribution is 6.31. The van der Waals surface area contributed by atoms with Crippen LogP contribution in [0.25, 0.3) is 10.9 Å². The maximum atomic E-state index is 13.7. The quantitative estimate of drug-likeness (QED) is 0.476. The fourth-order valence-corrected chi connectivity index (χ4v) is 5.90. The van der Waals surface area contributed by atoms with Gasteiger partial charge in [0.1, 0.15) is 5.60 Å². The third-order valence-electron chi connectivity index (χ3n) is 7.63. The number of amides is 3. The van der Waals surface area contributed by atoms with E-state index in [0.717, 1.165) is 30.5 Å². The number of fused-ring (bicyclic) bond motifs is 3. The lowest BCUT2D eigenvalue weighted by atomic mass is 9.82. The molecule has 2 fully saturated rings. The van der Waals surface area contributed by atoms with E-state index in [2.05, 4.69) is 5.32 Å². The predicted molar refractivity (Wildman–Crippen MR) is 137 cm³/mol. The number of para-hydroxylation sites is 1. The smallest absolute Gasteiger partial charge is 0.412 e. The van der Waals surface area contributed by atoms with Gasteiger partial charge < -0.3 is 14.5 Å². The van der Waals surface area contributed by atoms with Crippen molar-refractivity contribution in [3.05, 3.63) is 64.8 Å². The van der Waals surface area contributed by atoms with Crippen LogP contribution in [-0.4, -0.2) is 58.6 Å². The van der Waals surface area contributed by atoms with E-state index >= 15 is 0 Å². The summed E-state index contributed by atoms with van der Waals surface area (Å²) in [5.41, 5.74) is 2.06.